The quantitative estimate of drug-likeness (QED) is 0.730. The number of nitrogens with one attached hydrogen (secondary N) is 1. The van der Waals surface area contributed by atoms with Crippen molar-refractivity contribution in [3.8, 4) is 0 Å². The summed E-state index contributed by atoms with van der Waals surface area (Å²) in [5.41, 5.74) is 1.18. The molecule has 0 aliphatic rings. The smallest absolute Gasteiger partial charge is 0.0898 e. The van der Waals surface area contributed by atoms with E-state index in [-0.39, 0.29) is 0 Å². The molecule has 78 valence electrons. The molecule has 1 aromatic rings. The molecule has 0 saturated carbocycles. The van der Waals surface area contributed by atoms with E-state index in [2.05, 4.69) is 29.2 Å². The van der Waals surface area contributed by atoms with E-state index in [0.717, 1.165) is 24.4 Å². The van der Waals surface area contributed by atoms with Gasteiger partial charge in [-0.1, -0.05) is 13.0 Å². The lowest BCUT2D eigenvalue weighted by Crippen LogP contribution is -2.21. The number of thiazole rings is 1. The van der Waals surface area contributed by atoms with Crippen LogP contribution in [0.2, 0.25) is 0 Å². The average molecular weight is 210 g/mol. The van der Waals surface area contributed by atoms with Crippen LogP contribution in [0.15, 0.2) is 18.0 Å². The van der Waals surface area contributed by atoms with E-state index in [0.29, 0.717) is 6.04 Å². The maximum absolute atomic E-state index is 4.50. The number of hydrogen-bond donors (Lipinski definition) is 1. The molecule has 14 heavy (non-hydrogen) atoms. The Labute approximate surface area is 90.1 Å². The van der Waals surface area contributed by atoms with E-state index < -0.39 is 0 Å². The zero-order valence-electron chi connectivity index (χ0n) is 8.92. The molecule has 0 spiro atoms. The van der Waals surface area contributed by atoms with Gasteiger partial charge in [-0.2, -0.15) is 0 Å². The fourth-order valence-electron chi connectivity index (χ4n) is 1.43. The Balaban J connectivity index is 2.61. The van der Waals surface area contributed by atoms with Crippen molar-refractivity contribution in [1.82, 2.24) is 10.3 Å². The summed E-state index contributed by atoms with van der Waals surface area (Å²) in [6.45, 7) is 8.90. The van der Waals surface area contributed by atoms with E-state index in [1.807, 2.05) is 13.0 Å². The molecule has 1 aromatic heterocycles. The lowest BCUT2D eigenvalue weighted by atomic mass is 10.1. The fraction of sp³-hybridized carbons (Fsp3) is 0.545. The topological polar surface area (TPSA) is 24.9 Å². The summed E-state index contributed by atoms with van der Waals surface area (Å²) in [7, 11) is 0. The van der Waals surface area contributed by atoms with Gasteiger partial charge in [0, 0.05) is 5.38 Å². The van der Waals surface area contributed by atoms with Crippen LogP contribution in [-0.4, -0.2) is 11.5 Å². The predicted octanol–water partition coefficient (Wildman–Crippen LogP) is 3.07. The lowest BCUT2D eigenvalue weighted by molar-refractivity contribution is 0.509. The molecule has 1 N–H and O–H groups in total. The largest absolute Gasteiger partial charge is 0.309 e. The Hall–Kier alpha value is -0.670. The van der Waals surface area contributed by atoms with Crippen molar-refractivity contribution in [1.29, 1.82) is 0 Å². The van der Waals surface area contributed by atoms with E-state index in [1.165, 1.54) is 5.69 Å². The van der Waals surface area contributed by atoms with Gasteiger partial charge in [0.1, 0.15) is 0 Å². The summed E-state index contributed by atoms with van der Waals surface area (Å²) in [5, 5.41) is 6.73. The highest BCUT2D eigenvalue weighted by Gasteiger charge is 2.11. The van der Waals surface area contributed by atoms with Gasteiger partial charge >= 0.3 is 0 Å². The van der Waals surface area contributed by atoms with Crippen molar-refractivity contribution in [2.45, 2.75) is 32.7 Å². The van der Waals surface area contributed by atoms with Crippen molar-refractivity contribution in [3.05, 3.63) is 28.7 Å². The first-order valence-electron chi connectivity index (χ1n) is 5.04. The summed E-state index contributed by atoms with van der Waals surface area (Å²) < 4.78 is 0. The summed E-state index contributed by atoms with van der Waals surface area (Å²) >= 11 is 1.72. The number of hydrogen-bond acceptors (Lipinski definition) is 3. The second kappa shape index (κ2) is 5.94. The molecule has 2 nitrogen and oxygen atoms in total. The van der Waals surface area contributed by atoms with Crippen LogP contribution in [-0.2, 0) is 0 Å². The normalized spacial score (nSPS) is 12.7. The maximum atomic E-state index is 4.50. The van der Waals surface area contributed by atoms with Gasteiger partial charge in [0.15, 0.2) is 0 Å². The number of rotatable bonds is 6. The number of nitrogens with zero attached hydrogens (tertiary/aromatic N) is 1. The first-order chi connectivity index (χ1) is 6.77. The highest BCUT2D eigenvalue weighted by molar-refractivity contribution is 7.09. The maximum Gasteiger partial charge on any atom is 0.0898 e. The molecule has 0 radical (unpaired) electrons. The van der Waals surface area contributed by atoms with Gasteiger partial charge in [-0.3, -0.25) is 0 Å². The molecule has 1 unspecified atom stereocenters. The second-order valence-electron chi connectivity index (χ2n) is 3.27. The molecular weight excluding hydrogens is 192 g/mol. The molecule has 1 rings (SSSR count). The zero-order chi connectivity index (χ0) is 10.4. The molecule has 0 bridgehead atoms. The highest BCUT2D eigenvalue weighted by atomic mass is 32.1. The molecule has 1 atom stereocenters. The molecular formula is C11H18N2S. The van der Waals surface area contributed by atoms with E-state index >= 15 is 0 Å². The fourth-order valence-corrected chi connectivity index (χ4v) is 2.09. The Morgan fingerprint density at radius 1 is 1.71 bits per heavy atom. The van der Waals surface area contributed by atoms with Crippen LogP contribution in [0.5, 0.6) is 0 Å². The third-order valence-corrected chi connectivity index (χ3v) is 2.90. The summed E-state index contributed by atoms with van der Waals surface area (Å²) in [4.78, 5) is 4.50. The van der Waals surface area contributed by atoms with Crippen LogP contribution in [0.3, 0.4) is 0 Å². The minimum absolute atomic E-state index is 0.392. The van der Waals surface area contributed by atoms with Crippen molar-refractivity contribution in [3.63, 3.8) is 0 Å². The van der Waals surface area contributed by atoms with Crippen LogP contribution in [0.1, 0.15) is 36.5 Å². The van der Waals surface area contributed by atoms with Crippen LogP contribution in [0.4, 0.5) is 0 Å². The number of aromatic nitrogens is 1. The van der Waals surface area contributed by atoms with Gasteiger partial charge in [-0.15, -0.1) is 17.9 Å². The second-order valence-corrected chi connectivity index (χ2v) is 4.33. The van der Waals surface area contributed by atoms with E-state index in [1.54, 1.807) is 11.3 Å². The van der Waals surface area contributed by atoms with Gasteiger partial charge in [0.05, 0.1) is 16.7 Å². The monoisotopic (exact) mass is 210 g/mol. The summed E-state index contributed by atoms with van der Waals surface area (Å²) in [6, 6.07) is 0.392. The minimum Gasteiger partial charge on any atom is -0.309 e. The summed E-state index contributed by atoms with van der Waals surface area (Å²) in [6.07, 6.45) is 4.08. The first-order valence-corrected chi connectivity index (χ1v) is 5.92. The molecule has 1 heterocycles. The van der Waals surface area contributed by atoms with Crippen molar-refractivity contribution in [2.24, 2.45) is 0 Å². The Morgan fingerprint density at radius 3 is 3.00 bits per heavy atom. The van der Waals surface area contributed by atoms with E-state index in [9.17, 15) is 0 Å². The highest BCUT2D eigenvalue weighted by Crippen LogP contribution is 2.20. The molecule has 3 heteroatoms. The van der Waals surface area contributed by atoms with Gasteiger partial charge in [0.25, 0.3) is 0 Å². The molecule has 0 fully saturated rings. The van der Waals surface area contributed by atoms with Gasteiger partial charge in [-0.05, 0) is 26.3 Å². The van der Waals surface area contributed by atoms with Crippen LogP contribution >= 0.6 is 11.3 Å². The van der Waals surface area contributed by atoms with Crippen LogP contribution < -0.4 is 5.32 Å². The molecule has 0 amide bonds. The molecule has 0 aliphatic heterocycles. The van der Waals surface area contributed by atoms with Crippen molar-refractivity contribution in [2.75, 3.05) is 6.54 Å². The van der Waals surface area contributed by atoms with Crippen LogP contribution in [0.25, 0.3) is 0 Å². The Bertz CT molecular complexity index is 281. The molecule has 0 saturated heterocycles. The van der Waals surface area contributed by atoms with Gasteiger partial charge in [0.2, 0.25) is 0 Å². The van der Waals surface area contributed by atoms with Gasteiger partial charge in [-0.25, -0.2) is 4.98 Å². The zero-order valence-corrected chi connectivity index (χ0v) is 9.73. The average Bonchev–Trinajstić information content (AvgIpc) is 2.59. The Morgan fingerprint density at radius 2 is 2.50 bits per heavy atom. The Kier molecular flexibility index (Phi) is 4.84. The van der Waals surface area contributed by atoms with E-state index in [4.69, 9.17) is 0 Å². The number of aryl methyl sites for hydroxylation is 1. The predicted molar refractivity (Wildman–Crippen MR) is 62.7 cm³/mol. The van der Waals surface area contributed by atoms with Crippen LogP contribution in [0, 0.1) is 6.92 Å². The standard InChI is InChI=1S/C11H18N2S/c1-4-6-7-10(12-5-2)11-8-14-9(3)13-11/h4,8,10,12H,1,5-7H2,2-3H3. The third-order valence-electron chi connectivity index (χ3n) is 2.10. The molecule has 0 aromatic carbocycles. The molecule has 0 aliphatic carbocycles. The SMILES string of the molecule is C=CCCC(NCC)c1csc(C)n1. The lowest BCUT2D eigenvalue weighted by Gasteiger charge is -2.14. The van der Waals surface area contributed by atoms with Gasteiger partial charge < -0.3 is 5.32 Å². The van der Waals surface area contributed by atoms with Crippen molar-refractivity contribution < 1.29 is 0 Å². The first kappa shape index (κ1) is 11.4. The summed E-state index contributed by atoms with van der Waals surface area (Å²) in [5.74, 6) is 0. The van der Waals surface area contributed by atoms with Crippen molar-refractivity contribution >= 4 is 11.3 Å². The minimum atomic E-state index is 0.392. The number of allylic oxidation sites excluding steroid dienone is 1. The third kappa shape index (κ3) is 3.24.